The zero-order chi connectivity index (χ0) is 10.4. The molecule has 0 unspecified atom stereocenters. The van der Waals surface area contributed by atoms with E-state index >= 15 is 0 Å². The quantitative estimate of drug-likeness (QED) is 0.353. The maximum atomic E-state index is 5.72. The van der Waals surface area contributed by atoms with Crippen LogP contribution in [0.15, 0.2) is 12.1 Å². The summed E-state index contributed by atoms with van der Waals surface area (Å²) < 4.78 is 0. The molecule has 1 aromatic carbocycles. The number of nitrogens with two attached hydrogens (primary N) is 2. The maximum absolute atomic E-state index is 5.72. The standard InChI is InChI=1S/C8H13N3.C2H6/c1-5-3-6(2)8(9)7(4-5)11-10;1-2/h3-4,11H,9-10H2,1-2H3;1-2H3. The van der Waals surface area contributed by atoms with Crippen LogP contribution < -0.4 is 17.0 Å². The monoisotopic (exact) mass is 181 g/mol. The molecule has 1 rings (SSSR count). The van der Waals surface area contributed by atoms with E-state index < -0.39 is 0 Å². The highest BCUT2D eigenvalue weighted by molar-refractivity contribution is 5.70. The Labute approximate surface area is 80.1 Å². The smallest absolute Gasteiger partial charge is 0.0721 e. The summed E-state index contributed by atoms with van der Waals surface area (Å²) >= 11 is 0. The third-order valence-electron chi connectivity index (χ3n) is 1.69. The summed E-state index contributed by atoms with van der Waals surface area (Å²) in [7, 11) is 0. The third kappa shape index (κ3) is 2.95. The predicted molar refractivity (Wildman–Crippen MR) is 59.5 cm³/mol. The van der Waals surface area contributed by atoms with E-state index in [1.807, 2.05) is 39.8 Å². The fraction of sp³-hybridized carbons (Fsp3) is 0.400. The second kappa shape index (κ2) is 5.43. The molecule has 0 aliphatic carbocycles. The normalized spacial score (nSPS) is 8.69. The Morgan fingerprint density at radius 1 is 1.15 bits per heavy atom. The van der Waals surface area contributed by atoms with Crippen molar-refractivity contribution in [1.29, 1.82) is 0 Å². The Morgan fingerprint density at radius 2 is 1.69 bits per heavy atom. The fourth-order valence-corrected chi connectivity index (χ4v) is 1.10. The van der Waals surface area contributed by atoms with Gasteiger partial charge in [-0.15, -0.1) is 0 Å². The van der Waals surface area contributed by atoms with Crippen molar-refractivity contribution in [1.82, 2.24) is 0 Å². The van der Waals surface area contributed by atoms with Crippen molar-refractivity contribution in [2.45, 2.75) is 27.7 Å². The minimum absolute atomic E-state index is 0.720. The molecule has 0 amide bonds. The lowest BCUT2D eigenvalue weighted by atomic mass is 10.1. The highest BCUT2D eigenvalue weighted by Crippen LogP contribution is 2.22. The van der Waals surface area contributed by atoms with Gasteiger partial charge in [0.25, 0.3) is 0 Å². The Kier molecular flexibility index (Phi) is 4.92. The second-order valence-electron chi connectivity index (χ2n) is 2.69. The van der Waals surface area contributed by atoms with E-state index in [0.29, 0.717) is 0 Å². The molecule has 13 heavy (non-hydrogen) atoms. The molecule has 0 bridgehead atoms. The van der Waals surface area contributed by atoms with Crippen LogP contribution in [0.1, 0.15) is 25.0 Å². The minimum atomic E-state index is 0.720. The van der Waals surface area contributed by atoms with Crippen LogP contribution in [-0.4, -0.2) is 0 Å². The highest BCUT2D eigenvalue weighted by atomic mass is 15.2. The molecule has 0 heterocycles. The first kappa shape index (κ1) is 11.8. The number of nitrogen functional groups attached to an aromatic ring is 2. The number of nitrogens with one attached hydrogen (secondary N) is 1. The van der Waals surface area contributed by atoms with Crippen LogP contribution in [0.25, 0.3) is 0 Å². The van der Waals surface area contributed by atoms with Crippen LogP contribution in [0, 0.1) is 13.8 Å². The summed E-state index contributed by atoms with van der Waals surface area (Å²) in [6.07, 6.45) is 0. The van der Waals surface area contributed by atoms with Crippen LogP contribution in [0.5, 0.6) is 0 Å². The van der Waals surface area contributed by atoms with Crippen LogP contribution in [-0.2, 0) is 0 Å². The number of benzene rings is 1. The summed E-state index contributed by atoms with van der Waals surface area (Å²) in [5.41, 5.74) is 12.0. The minimum Gasteiger partial charge on any atom is -0.397 e. The van der Waals surface area contributed by atoms with Gasteiger partial charge in [-0.3, -0.25) is 5.84 Å². The Bertz CT molecular complexity index is 269. The molecule has 74 valence electrons. The number of aryl methyl sites for hydroxylation is 2. The van der Waals surface area contributed by atoms with Crippen molar-refractivity contribution < 1.29 is 0 Å². The van der Waals surface area contributed by atoms with Crippen molar-refractivity contribution in [2.75, 3.05) is 11.2 Å². The van der Waals surface area contributed by atoms with Gasteiger partial charge in [-0.05, 0) is 31.0 Å². The molecule has 0 saturated heterocycles. The van der Waals surface area contributed by atoms with Crippen molar-refractivity contribution >= 4 is 11.4 Å². The molecule has 0 fully saturated rings. The van der Waals surface area contributed by atoms with E-state index in [2.05, 4.69) is 5.43 Å². The van der Waals surface area contributed by atoms with E-state index in [4.69, 9.17) is 11.6 Å². The molecule has 0 aliphatic rings. The second-order valence-corrected chi connectivity index (χ2v) is 2.69. The first-order chi connectivity index (χ1) is 6.15. The van der Waals surface area contributed by atoms with E-state index in [0.717, 1.165) is 22.5 Å². The molecule has 0 aromatic heterocycles. The van der Waals surface area contributed by atoms with Gasteiger partial charge in [0.2, 0.25) is 0 Å². The van der Waals surface area contributed by atoms with Gasteiger partial charge in [0.05, 0.1) is 11.4 Å². The lowest BCUT2D eigenvalue weighted by Crippen LogP contribution is -2.10. The summed E-state index contributed by atoms with van der Waals surface area (Å²) in [4.78, 5) is 0. The molecule has 0 saturated carbocycles. The van der Waals surface area contributed by atoms with Gasteiger partial charge in [0, 0.05) is 0 Å². The van der Waals surface area contributed by atoms with Gasteiger partial charge in [0.15, 0.2) is 0 Å². The maximum Gasteiger partial charge on any atom is 0.0721 e. The number of rotatable bonds is 1. The van der Waals surface area contributed by atoms with Gasteiger partial charge in [0.1, 0.15) is 0 Å². The van der Waals surface area contributed by atoms with Crippen LogP contribution in [0.2, 0.25) is 0 Å². The van der Waals surface area contributed by atoms with Crippen molar-refractivity contribution in [3.63, 3.8) is 0 Å². The topological polar surface area (TPSA) is 64.1 Å². The molecule has 3 nitrogen and oxygen atoms in total. The largest absolute Gasteiger partial charge is 0.397 e. The predicted octanol–water partition coefficient (Wildman–Crippen LogP) is 2.20. The van der Waals surface area contributed by atoms with Crippen molar-refractivity contribution in [3.05, 3.63) is 23.3 Å². The van der Waals surface area contributed by atoms with Crippen LogP contribution >= 0.6 is 0 Å². The van der Waals surface area contributed by atoms with E-state index in [9.17, 15) is 0 Å². The molecule has 5 N–H and O–H groups in total. The first-order valence-corrected chi connectivity index (χ1v) is 4.48. The Morgan fingerprint density at radius 3 is 2.15 bits per heavy atom. The molecule has 0 atom stereocenters. The summed E-state index contributed by atoms with van der Waals surface area (Å²) in [5.74, 6) is 5.26. The fourth-order valence-electron chi connectivity index (χ4n) is 1.10. The SMILES string of the molecule is CC.Cc1cc(C)c(N)c(NN)c1. The molecule has 0 spiro atoms. The van der Waals surface area contributed by atoms with Crippen molar-refractivity contribution in [3.8, 4) is 0 Å². The average molecular weight is 181 g/mol. The number of hydrogen-bond acceptors (Lipinski definition) is 3. The molecular formula is C10H19N3. The molecular weight excluding hydrogens is 162 g/mol. The zero-order valence-electron chi connectivity index (χ0n) is 8.81. The van der Waals surface area contributed by atoms with Gasteiger partial charge < -0.3 is 11.2 Å². The summed E-state index contributed by atoms with van der Waals surface area (Å²) in [5, 5.41) is 0. The Balaban J connectivity index is 0.000000671. The highest BCUT2D eigenvalue weighted by Gasteiger charge is 2.00. The number of anilines is 2. The lowest BCUT2D eigenvalue weighted by molar-refractivity contribution is 1.31. The first-order valence-electron chi connectivity index (χ1n) is 4.48. The van der Waals surface area contributed by atoms with Gasteiger partial charge in [-0.2, -0.15) is 0 Å². The van der Waals surface area contributed by atoms with E-state index in [1.54, 1.807) is 0 Å². The van der Waals surface area contributed by atoms with Crippen LogP contribution in [0.4, 0.5) is 11.4 Å². The molecule has 3 heteroatoms. The zero-order valence-corrected chi connectivity index (χ0v) is 8.81. The third-order valence-corrected chi connectivity index (χ3v) is 1.69. The summed E-state index contributed by atoms with van der Waals surface area (Å²) in [6, 6.07) is 3.94. The van der Waals surface area contributed by atoms with E-state index in [1.165, 1.54) is 0 Å². The molecule has 0 radical (unpaired) electrons. The molecule has 0 aliphatic heterocycles. The average Bonchev–Trinajstić information content (AvgIpc) is 2.14. The van der Waals surface area contributed by atoms with Gasteiger partial charge in [-0.25, -0.2) is 0 Å². The summed E-state index contributed by atoms with van der Waals surface area (Å²) in [6.45, 7) is 7.97. The number of hydrazine groups is 1. The van der Waals surface area contributed by atoms with Gasteiger partial charge in [-0.1, -0.05) is 19.9 Å². The van der Waals surface area contributed by atoms with Gasteiger partial charge >= 0.3 is 0 Å². The Hall–Kier alpha value is -1.22. The number of hydrogen-bond donors (Lipinski definition) is 3. The van der Waals surface area contributed by atoms with E-state index in [-0.39, 0.29) is 0 Å². The van der Waals surface area contributed by atoms with Crippen molar-refractivity contribution in [2.24, 2.45) is 5.84 Å². The lowest BCUT2D eigenvalue weighted by Gasteiger charge is -2.08. The molecule has 1 aromatic rings. The van der Waals surface area contributed by atoms with Crippen LogP contribution in [0.3, 0.4) is 0 Å².